The van der Waals surface area contributed by atoms with Crippen LogP contribution in [0.25, 0.3) is 0 Å². The van der Waals surface area contributed by atoms with Crippen molar-refractivity contribution in [2.24, 2.45) is 5.73 Å². The minimum Gasteiger partial charge on any atom is -0.491 e. The van der Waals surface area contributed by atoms with Crippen LogP contribution in [0.5, 0.6) is 5.75 Å². The van der Waals surface area contributed by atoms with Crippen LogP contribution in [0.1, 0.15) is 32.4 Å². The number of hydrogen-bond acceptors (Lipinski definition) is 3. The van der Waals surface area contributed by atoms with Crippen LogP contribution in [-0.2, 0) is 0 Å². The predicted octanol–water partition coefficient (Wildman–Crippen LogP) is 2.08. The van der Waals surface area contributed by atoms with E-state index in [1.807, 2.05) is 39.0 Å². The van der Waals surface area contributed by atoms with Crippen LogP contribution in [0.3, 0.4) is 0 Å². The van der Waals surface area contributed by atoms with Crippen molar-refractivity contribution in [1.82, 2.24) is 0 Å². The molecule has 0 aromatic heterocycles. The molecule has 0 saturated heterocycles. The third kappa shape index (κ3) is 2.64. The van der Waals surface area contributed by atoms with Gasteiger partial charge in [-0.2, -0.15) is 0 Å². The van der Waals surface area contributed by atoms with E-state index in [0.717, 1.165) is 11.3 Å². The molecule has 14 heavy (non-hydrogen) atoms. The average molecular weight is 194 g/mol. The van der Waals surface area contributed by atoms with Crippen LogP contribution in [0.2, 0.25) is 0 Å². The highest BCUT2D eigenvalue weighted by molar-refractivity contribution is 5.52. The molecule has 1 rings (SSSR count). The van der Waals surface area contributed by atoms with Gasteiger partial charge >= 0.3 is 0 Å². The van der Waals surface area contributed by atoms with Gasteiger partial charge < -0.3 is 16.2 Å². The number of rotatable bonds is 3. The Morgan fingerprint density at radius 3 is 2.29 bits per heavy atom. The molecule has 4 N–H and O–H groups in total. The topological polar surface area (TPSA) is 61.3 Å². The minimum absolute atomic E-state index is 0.0388. The van der Waals surface area contributed by atoms with E-state index in [1.165, 1.54) is 0 Å². The van der Waals surface area contributed by atoms with Crippen molar-refractivity contribution in [2.75, 3.05) is 5.73 Å². The van der Waals surface area contributed by atoms with Gasteiger partial charge in [0.2, 0.25) is 0 Å². The van der Waals surface area contributed by atoms with E-state index in [2.05, 4.69) is 0 Å². The summed E-state index contributed by atoms with van der Waals surface area (Å²) >= 11 is 0. The monoisotopic (exact) mass is 194 g/mol. The number of ether oxygens (including phenoxy) is 1. The molecule has 0 amide bonds. The highest BCUT2D eigenvalue weighted by Gasteiger charge is 2.06. The molecule has 0 heterocycles. The molecule has 1 atom stereocenters. The Labute approximate surface area is 85.0 Å². The molecular formula is C11H18N2O. The van der Waals surface area contributed by atoms with Gasteiger partial charge in [-0.05, 0) is 32.4 Å². The predicted molar refractivity (Wildman–Crippen MR) is 59.2 cm³/mol. The van der Waals surface area contributed by atoms with Gasteiger partial charge in [-0.15, -0.1) is 0 Å². The number of nitrogen functional groups attached to an aromatic ring is 1. The zero-order valence-corrected chi connectivity index (χ0v) is 8.95. The second-order valence-corrected chi connectivity index (χ2v) is 3.75. The number of hydrogen-bond donors (Lipinski definition) is 2. The largest absolute Gasteiger partial charge is 0.491 e. The molecule has 0 bridgehead atoms. The SMILES string of the molecule is CC(C)Oc1ccc([C@@H](C)N)c(N)c1. The number of anilines is 1. The van der Waals surface area contributed by atoms with Crippen molar-refractivity contribution in [1.29, 1.82) is 0 Å². The lowest BCUT2D eigenvalue weighted by Gasteiger charge is -2.13. The molecule has 0 aliphatic carbocycles. The van der Waals surface area contributed by atoms with E-state index < -0.39 is 0 Å². The molecule has 0 saturated carbocycles. The summed E-state index contributed by atoms with van der Waals surface area (Å²) in [5.74, 6) is 0.793. The molecule has 1 aromatic rings. The summed E-state index contributed by atoms with van der Waals surface area (Å²) in [6, 6.07) is 5.59. The lowest BCUT2D eigenvalue weighted by Crippen LogP contribution is -2.10. The second kappa shape index (κ2) is 4.33. The van der Waals surface area contributed by atoms with Crippen LogP contribution in [0.15, 0.2) is 18.2 Å². The molecule has 0 fully saturated rings. The van der Waals surface area contributed by atoms with E-state index in [-0.39, 0.29) is 12.1 Å². The Kier molecular flexibility index (Phi) is 3.36. The van der Waals surface area contributed by atoms with Gasteiger partial charge in [0.25, 0.3) is 0 Å². The van der Waals surface area contributed by atoms with Crippen LogP contribution in [-0.4, -0.2) is 6.10 Å². The molecular weight excluding hydrogens is 176 g/mol. The Hall–Kier alpha value is -1.22. The molecule has 0 aliphatic heterocycles. The van der Waals surface area contributed by atoms with Crippen LogP contribution in [0.4, 0.5) is 5.69 Å². The van der Waals surface area contributed by atoms with E-state index >= 15 is 0 Å². The lowest BCUT2D eigenvalue weighted by molar-refractivity contribution is 0.242. The van der Waals surface area contributed by atoms with Gasteiger partial charge in [-0.3, -0.25) is 0 Å². The Bertz CT molecular complexity index is 308. The van der Waals surface area contributed by atoms with Crippen molar-refractivity contribution in [2.45, 2.75) is 32.9 Å². The maximum atomic E-state index is 5.84. The molecule has 78 valence electrons. The van der Waals surface area contributed by atoms with Gasteiger partial charge in [-0.25, -0.2) is 0 Å². The van der Waals surface area contributed by atoms with E-state index in [0.29, 0.717) is 5.69 Å². The first-order chi connectivity index (χ1) is 6.50. The fourth-order valence-electron chi connectivity index (χ4n) is 1.31. The summed E-state index contributed by atoms with van der Waals surface area (Å²) < 4.78 is 5.51. The molecule has 3 nitrogen and oxygen atoms in total. The fourth-order valence-corrected chi connectivity index (χ4v) is 1.31. The van der Waals surface area contributed by atoms with E-state index in [9.17, 15) is 0 Å². The van der Waals surface area contributed by atoms with Crippen molar-refractivity contribution in [3.63, 3.8) is 0 Å². The zero-order chi connectivity index (χ0) is 10.7. The zero-order valence-electron chi connectivity index (χ0n) is 8.95. The van der Waals surface area contributed by atoms with Crippen molar-refractivity contribution >= 4 is 5.69 Å². The highest BCUT2D eigenvalue weighted by atomic mass is 16.5. The normalized spacial score (nSPS) is 12.9. The average Bonchev–Trinajstić information content (AvgIpc) is 2.01. The molecule has 1 aromatic carbocycles. The maximum Gasteiger partial charge on any atom is 0.121 e. The molecule has 0 spiro atoms. The van der Waals surface area contributed by atoms with E-state index in [4.69, 9.17) is 16.2 Å². The van der Waals surface area contributed by atoms with Gasteiger partial charge in [0, 0.05) is 17.8 Å². The first-order valence-electron chi connectivity index (χ1n) is 4.82. The van der Waals surface area contributed by atoms with Crippen LogP contribution in [0, 0.1) is 0 Å². The van der Waals surface area contributed by atoms with Crippen molar-refractivity contribution in [3.8, 4) is 5.75 Å². The van der Waals surface area contributed by atoms with Gasteiger partial charge in [-0.1, -0.05) is 6.07 Å². The van der Waals surface area contributed by atoms with Gasteiger partial charge in [0.1, 0.15) is 5.75 Å². The second-order valence-electron chi connectivity index (χ2n) is 3.75. The lowest BCUT2D eigenvalue weighted by atomic mass is 10.1. The summed E-state index contributed by atoms with van der Waals surface area (Å²) in [6.45, 7) is 5.87. The molecule has 0 unspecified atom stereocenters. The Balaban J connectivity index is 2.89. The summed E-state index contributed by atoms with van der Waals surface area (Å²) in [7, 11) is 0. The third-order valence-electron chi connectivity index (χ3n) is 1.92. The fraction of sp³-hybridized carbons (Fsp3) is 0.455. The van der Waals surface area contributed by atoms with Crippen LogP contribution >= 0.6 is 0 Å². The molecule has 3 heteroatoms. The maximum absolute atomic E-state index is 5.84. The summed E-state index contributed by atoms with van der Waals surface area (Å²) in [6.07, 6.45) is 0.163. The highest BCUT2D eigenvalue weighted by Crippen LogP contribution is 2.24. The first kappa shape index (κ1) is 10.9. The number of nitrogens with two attached hydrogens (primary N) is 2. The summed E-state index contributed by atoms with van der Waals surface area (Å²) in [5.41, 5.74) is 13.2. The van der Waals surface area contributed by atoms with Gasteiger partial charge in [0.15, 0.2) is 0 Å². The first-order valence-corrected chi connectivity index (χ1v) is 4.82. The summed E-state index contributed by atoms with van der Waals surface area (Å²) in [5, 5.41) is 0. The Morgan fingerprint density at radius 2 is 1.86 bits per heavy atom. The van der Waals surface area contributed by atoms with E-state index in [1.54, 1.807) is 0 Å². The number of benzene rings is 1. The third-order valence-corrected chi connectivity index (χ3v) is 1.92. The summed E-state index contributed by atoms with van der Waals surface area (Å²) in [4.78, 5) is 0. The molecule has 0 aliphatic rings. The minimum atomic E-state index is -0.0388. The standard InChI is InChI=1S/C11H18N2O/c1-7(2)14-9-4-5-10(8(3)12)11(13)6-9/h4-8H,12-13H2,1-3H3/t8-/m1/s1. The van der Waals surface area contributed by atoms with Gasteiger partial charge in [0.05, 0.1) is 6.10 Å². The van der Waals surface area contributed by atoms with Crippen molar-refractivity contribution < 1.29 is 4.74 Å². The quantitative estimate of drug-likeness (QED) is 0.724. The molecule has 0 radical (unpaired) electrons. The van der Waals surface area contributed by atoms with Crippen molar-refractivity contribution in [3.05, 3.63) is 23.8 Å². The Morgan fingerprint density at radius 1 is 1.21 bits per heavy atom. The van der Waals surface area contributed by atoms with Crippen LogP contribution < -0.4 is 16.2 Å². The smallest absolute Gasteiger partial charge is 0.121 e.